The number of aromatic nitrogens is 2. The minimum atomic E-state index is -1.63. The fourth-order valence-electron chi connectivity index (χ4n) is 8.60. The van der Waals surface area contributed by atoms with Crippen molar-refractivity contribution >= 4 is 46.4 Å². The predicted octanol–water partition coefficient (Wildman–Crippen LogP) is -0.146. The van der Waals surface area contributed by atoms with Gasteiger partial charge in [0, 0.05) is 34.9 Å². The number of cyclic esters (lactones) is 1. The summed E-state index contributed by atoms with van der Waals surface area (Å²) in [7, 11) is 0. The highest BCUT2D eigenvalue weighted by Crippen LogP contribution is 2.45. The summed E-state index contributed by atoms with van der Waals surface area (Å²) in [5.74, 6) is -4.16. The SMILES string of the molecule is Cc1c(F)cc2nc3c(c4c2c1CC[C@@H]4NC(=O)C1CC(OCNC(=O)CNC(=O)[C@H](Cc2ccccc2)NC(=O)CNC(=O)CN)C1)Cn1c-3cc2c(c1=O)COC(=O)[C@H]2O. The van der Waals surface area contributed by atoms with Crippen LogP contribution in [-0.4, -0.2) is 88.7 Å². The van der Waals surface area contributed by atoms with Gasteiger partial charge in [-0.3, -0.25) is 28.8 Å². The summed E-state index contributed by atoms with van der Waals surface area (Å²) in [6.45, 7) is 0.318. The summed E-state index contributed by atoms with van der Waals surface area (Å²) in [6, 6.07) is 10.4. The number of esters is 1. The van der Waals surface area contributed by atoms with Crippen molar-refractivity contribution in [3.05, 3.63) is 97.6 Å². The number of carbonyl (C=O) groups is 6. The molecule has 8 rings (SSSR count). The quantitative estimate of drug-likeness (QED) is 0.0569. The maximum atomic E-state index is 15.2. The zero-order chi connectivity index (χ0) is 43.8. The monoisotopic (exact) mass is 852 g/mol. The Labute approximate surface area is 353 Å². The number of pyridine rings is 2. The lowest BCUT2D eigenvalue weighted by Crippen LogP contribution is -2.52. The molecule has 3 atom stereocenters. The van der Waals surface area contributed by atoms with Gasteiger partial charge in [0.1, 0.15) is 25.2 Å². The van der Waals surface area contributed by atoms with E-state index in [1.165, 1.54) is 10.6 Å². The Bertz CT molecular complexity index is 2580. The van der Waals surface area contributed by atoms with E-state index in [4.69, 9.17) is 20.2 Å². The number of aliphatic hydroxyl groups is 1. The molecule has 4 aromatic rings. The fourth-order valence-corrected chi connectivity index (χ4v) is 8.60. The van der Waals surface area contributed by atoms with E-state index in [2.05, 4.69) is 26.6 Å². The van der Waals surface area contributed by atoms with Gasteiger partial charge in [0.15, 0.2) is 6.10 Å². The first-order valence-corrected chi connectivity index (χ1v) is 20.3. The van der Waals surface area contributed by atoms with Crippen LogP contribution in [0.1, 0.15) is 70.4 Å². The highest BCUT2D eigenvalue weighted by Gasteiger charge is 2.40. The molecule has 4 aliphatic rings. The molecule has 0 spiro atoms. The molecule has 2 aliphatic heterocycles. The van der Waals surface area contributed by atoms with E-state index in [-0.39, 0.29) is 68.4 Å². The second-order valence-electron chi connectivity index (χ2n) is 15.9. The molecule has 2 aromatic carbocycles. The molecule has 0 bridgehead atoms. The number of aryl methyl sites for hydroxylation is 1. The number of nitrogens with two attached hydrogens (primary N) is 1. The molecule has 4 heterocycles. The number of nitrogens with one attached hydrogen (secondary N) is 5. The Morgan fingerprint density at radius 2 is 1.76 bits per heavy atom. The van der Waals surface area contributed by atoms with Crippen molar-refractivity contribution in [1.82, 2.24) is 36.1 Å². The largest absolute Gasteiger partial charge is 0.458 e. The van der Waals surface area contributed by atoms with E-state index in [1.54, 1.807) is 37.3 Å². The summed E-state index contributed by atoms with van der Waals surface area (Å²) in [5, 5.41) is 24.5. The summed E-state index contributed by atoms with van der Waals surface area (Å²) >= 11 is 0. The lowest BCUT2D eigenvalue weighted by Gasteiger charge is -2.36. The first-order chi connectivity index (χ1) is 29.8. The van der Waals surface area contributed by atoms with Gasteiger partial charge < -0.3 is 51.5 Å². The second kappa shape index (κ2) is 17.4. The summed E-state index contributed by atoms with van der Waals surface area (Å²) in [4.78, 5) is 94.0. The average molecular weight is 853 g/mol. The second-order valence-corrected chi connectivity index (χ2v) is 15.9. The third-order valence-corrected chi connectivity index (χ3v) is 12.0. The van der Waals surface area contributed by atoms with Crippen LogP contribution in [0.15, 0.2) is 47.3 Å². The van der Waals surface area contributed by atoms with Crippen LogP contribution >= 0.6 is 0 Å². The number of rotatable bonds is 14. The smallest absolute Gasteiger partial charge is 0.340 e. The van der Waals surface area contributed by atoms with Crippen molar-refractivity contribution in [3.63, 3.8) is 0 Å². The highest BCUT2D eigenvalue weighted by atomic mass is 19.1. The number of hydrogen-bond donors (Lipinski definition) is 7. The van der Waals surface area contributed by atoms with Crippen LogP contribution in [0.3, 0.4) is 0 Å². The van der Waals surface area contributed by atoms with Crippen LogP contribution in [0.2, 0.25) is 0 Å². The molecule has 2 aliphatic carbocycles. The average Bonchev–Trinajstić information content (AvgIpc) is 3.62. The van der Waals surface area contributed by atoms with E-state index < -0.39 is 65.7 Å². The normalized spacial score (nSPS) is 19.8. The molecular weight excluding hydrogens is 808 g/mol. The molecule has 0 unspecified atom stereocenters. The molecule has 0 radical (unpaired) electrons. The van der Waals surface area contributed by atoms with Crippen LogP contribution in [0.4, 0.5) is 4.39 Å². The summed E-state index contributed by atoms with van der Waals surface area (Å²) < 4.78 is 27.6. The highest BCUT2D eigenvalue weighted by molar-refractivity contribution is 5.94. The van der Waals surface area contributed by atoms with Crippen molar-refractivity contribution in [2.24, 2.45) is 11.7 Å². The van der Waals surface area contributed by atoms with Gasteiger partial charge in [0.2, 0.25) is 29.5 Å². The van der Waals surface area contributed by atoms with Crippen molar-refractivity contribution in [2.75, 3.05) is 26.4 Å². The number of amides is 5. The molecule has 5 amide bonds. The minimum Gasteiger partial charge on any atom is -0.458 e. The molecule has 1 saturated carbocycles. The van der Waals surface area contributed by atoms with Gasteiger partial charge in [0.05, 0.1) is 60.8 Å². The molecule has 2 aromatic heterocycles. The van der Waals surface area contributed by atoms with Gasteiger partial charge in [-0.25, -0.2) is 14.2 Å². The zero-order valence-electron chi connectivity index (χ0n) is 33.7. The van der Waals surface area contributed by atoms with Crippen LogP contribution in [0.5, 0.6) is 0 Å². The van der Waals surface area contributed by atoms with Crippen molar-refractivity contribution < 1.29 is 47.7 Å². The molecule has 1 fully saturated rings. The zero-order valence-corrected chi connectivity index (χ0v) is 33.7. The summed E-state index contributed by atoms with van der Waals surface area (Å²) in [5.41, 5.74) is 9.81. The maximum Gasteiger partial charge on any atom is 0.340 e. The Morgan fingerprint density at radius 1 is 1.00 bits per heavy atom. The number of benzene rings is 2. The number of ether oxygens (including phenoxy) is 2. The number of aliphatic hydroxyl groups excluding tert-OH is 1. The summed E-state index contributed by atoms with van der Waals surface area (Å²) in [6.07, 6.45) is -0.0845. The molecule has 19 heteroatoms. The number of carbonyl (C=O) groups excluding carboxylic acids is 6. The van der Waals surface area contributed by atoms with Gasteiger partial charge in [-0.2, -0.15) is 0 Å². The van der Waals surface area contributed by atoms with E-state index >= 15 is 4.39 Å². The van der Waals surface area contributed by atoms with Crippen LogP contribution in [0.25, 0.3) is 22.3 Å². The number of hydrogen-bond acceptors (Lipinski definition) is 12. The van der Waals surface area contributed by atoms with E-state index in [9.17, 15) is 38.7 Å². The van der Waals surface area contributed by atoms with Crippen LogP contribution in [-0.2, 0) is 64.2 Å². The Kier molecular flexibility index (Phi) is 11.8. The minimum absolute atomic E-state index is 0.122. The van der Waals surface area contributed by atoms with E-state index in [0.717, 1.165) is 22.1 Å². The third kappa shape index (κ3) is 8.25. The van der Waals surface area contributed by atoms with Crippen LogP contribution in [0, 0.1) is 18.7 Å². The molecule has 62 heavy (non-hydrogen) atoms. The Hall–Kier alpha value is -6.57. The fraction of sp³-hybridized carbons (Fsp3) is 0.395. The molecule has 324 valence electrons. The molecular formula is C43H45FN8O10. The van der Waals surface area contributed by atoms with E-state index in [0.29, 0.717) is 53.7 Å². The molecule has 8 N–H and O–H groups in total. The number of halogens is 1. The first-order valence-electron chi connectivity index (χ1n) is 20.3. The lowest BCUT2D eigenvalue weighted by atomic mass is 9.79. The topological polar surface area (TPSA) is 262 Å². The Morgan fingerprint density at radius 3 is 2.52 bits per heavy atom. The number of nitrogens with zero attached hydrogens (tertiary/aromatic N) is 2. The van der Waals surface area contributed by atoms with Gasteiger partial charge in [-0.05, 0) is 60.9 Å². The lowest BCUT2D eigenvalue weighted by molar-refractivity contribution is -0.157. The third-order valence-electron chi connectivity index (χ3n) is 12.0. The molecule has 18 nitrogen and oxygen atoms in total. The first kappa shape index (κ1) is 42.1. The van der Waals surface area contributed by atoms with Crippen molar-refractivity contribution in [2.45, 2.75) is 76.5 Å². The van der Waals surface area contributed by atoms with Gasteiger partial charge >= 0.3 is 5.97 Å². The van der Waals surface area contributed by atoms with Crippen LogP contribution < -0.4 is 37.9 Å². The van der Waals surface area contributed by atoms with Crippen molar-refractivity contribution in [1.29, 1.82) is 0 Å². The standard InChI is InChI=1S/C43H45FN8O10/c1-20-24-7-8-29(37-26-17-52-32(38(26)50-30(36(24)37)13-28(20)44)12-25-27(42(52)59)18-61-43(60)39(25)56)51-40(57)22-10-23(11-22)62-19-48-34(54)15-47-41(58)31(9-21-5-3-2-4-6-21)49-35(55)16-46-33(53)14-45/h2-6,12-13,22-23,29,31,39,56H,7-11,14-19,45H2,1H3,(H,46,53)(H,47,58)(H,48,54)(H,49,55)(H,51,57)/t22?,23?,29-,31-,39-/m0/s1. The maximum absolute atomic E-state index is 15.2. The predicted molar refractivity (Wildman–Crippen MR) is 217 cm³/mol. The Balaban J connectivity index is 0.868. The van der Waals surface area contributed by atoms with E-state index in [1.807, 2.05) is 6.07 Å². The number of fused-ring (bicyclic) bond motifs is 5. The van der Waals surface area contributed by atoms with Crippen molar-refractivity contribution in [3.8, 4) is 11.4 Å². The van der Waals surface area contributed by atoms with Gasteiger partial charge in [0.25, 0.3) is 5.56 Å². The van der Waals surface area contributed by atoms with Gasteiger partial charge in [-0.15, -0.1) is 0 Å². The van der Waals surface area contributed by atoms with Gasteiger partial charge in [-0.1, -0.05) is 30.3 Å². The molecule has 0 saturated heterocycles.